The van der Waals surface area contributed by atoms with Crippen molar-refractivity contribution in [3.63, 3.8) is 0 Å². The molecule has 0 saturated carbocycles. The number of carbonyl (C=O) groups excluding carboxylic acids is 2. The second-order valence-corrected chi connectivity index (χ2v) is 4.48. The van der Waals surface area contributed by atoms with Crippen LogP contribution in [0.4, 0.5) is 0 Å². The highest BCUT2D eigenvalue weighted by atomic mass is 16.5. The summed E-state index contributed by atoms with van der Waals surface area (Å²) in [4.78, 5) is 29.3. The van der Waals surface area contributed by atoms with Gasteiger partial charge < -0.3 is 14.2 Å². The minimum atomic E-state index is -0.178. The molecule has 0 aliphatic carbocycles. The standard InChI is InChI=1S/C12H17N3O3/c1-14-8-13-7-10(14)11(16)15-5-3-9(4-6-15)12(17)18-2/h7-9H,3-6H2,1-2H3. The van der Waals surface area contributed by atoms with Gasteiger partial charge in [-0.25, -0.2) is 4.98 Å². The number of hydrogen-bond donors (Lipinski definition) is 0. The van der Waals surface area contributed by atoms with Crippen LogP contribution in [0.5, 0.6) is 0 Å². The summed E-state index contributed by atoms with van der Waals surface area (Å²) in [6.45, 7) is 1.17. The normalized spacial score (nSPS) is 16.7. The van der Waals surface area contributed by atoms with E-state index in [1.807, 2.05) is 0 Å². The number of nitrogens with zero attached hydrogens (tertiary/aromatic N) is 3. The summed E-state index contributed by atoms with van der Waals surface area (Å²) in [7, 11) is 3.19. The van der Waals surface area contributed by atoms with Crippen molar-refractivity contribution in [3.05, 3.63) is 18.2 Å². The van der Waals surface area contributed by atoms with Gasteiger partial charge in [0, 0.05) is 20.1 Å². The molecule has 18 heavy (non-hydrogen) atoms. The second kappa shape index (κ2) is 5.20. The molecule has 1 aliphatic rings. The van der Waals surface area contributed by atoms with Crippen molar-refractivity contribution >= 4 is 11.9 Å². The number of rotatable bonds is 2. The molecule has 98 valence electrons. The molecule has 0 spiro atoms. The third-order valence-electron chi connectivity index (χ3n) is 3.35. The Morgan fingerprint density at radius 3 is 2.56 bits per heavy atom. The topological polar surface area (TPSA) is 64.4 Å². The largest absolute Gasteiger partial charge is 0.469 e. The minimum Gasteiger partial charge on any atom is -0.469 e. The summed E-state index contributed by atoms with van der Waals surface area (Å²) in [5.41, 5.74) is 0.575. The molecular formula is C12H17N3O3. The van der Waals surface area contributed by atoms with Crippen molar-refractivity contribution < 1.29 is 14.3 Å². The van der Waals surface area contributed by atoms with Gasteiger partial charge in [-0.05, 0) is 12.8 Å². The van der Waals surface area contributed by atoms with Gasteiger partial charge in [0.05, 0.1) is 25.6 Å². The summed E-state index contributed by atoms with van der Waals surface area (Å²) in [6.07, 6.45) is 4.50. The van der Waals surface area contributed by atoms with Gasteiger partial charge >= 0.3 is 5.97 Å². The molecule has 0 aromatic carbocycles. The van der Waals surface area contributed by atoms with E-state index in [-0.39, 0.29) is 17.8 Å². The summed E-state index contributed by atoms with van der Waals surface area (Å²) in [5, 5.41) is 0. The number of piperidine rings is 1. The zero-order chi connectivity index (χ0) is 13.1. The maximum absolute atomic E-state index is 12.2. The van der Waals surface area contributed by atoms with Crippen molar-refractivity contribution in [1.29, 1.82) is 0 Å². The zero-order valence-corrected chi connectivity index (χ0v) is 10.6. The molecule has 0 unspecified atom stereocenters. The van der Waals surface area contributed by atoms with Crippen LogP contribution in [-0.4, -0.2) is 46.5 Å². The van der Waals surface area contributed by atoms with Crippen molar-refractivity contribution in [2.75, 3.05) is 20.2 Å². The van der Waals surface area contributed by atoms with Gasteiger partial charge in [0.15, 0.2) is 0 Å². The molecule has 1 amide bonds. The van der Waals surface area contributed by atoms with Crippen molar-refractivity contribution in [2.24, 2.45) is 13.0 Å². The lowest BCUT2D eigenvalue weighted by Gasteiger charge is -2.30. The average molecular weight is 251 g/mol. The molecule has 1 aliphatic heterocycles. The first-order valence-corrected chi connectivity index (χ1v) is 5.97. The van der Waals surface area contributed by atoms with E-state index >= 15 is 0 Å². The van der Waals surface area contributed by atoms with E-state index in [1.165, 1.54) is 7.11 Å². The number of aryl methyl sites for hydroxylation is 1. The SMILES string of the molecule is COC(=O)C1CCN(C(=O)c2cncn2C)CC1. The Hall–Kier alpha value is -1.85. The zero-order valence-electron chi connectivity index (χ0n) is 10.6. The van der Waals surface area contributed by atoms with E-state index in [4.69, 9.17) is 4.74 Å². The average Bonchev–Trinajstić information content (AvgIpc) is 2.83. The number of ether oxygens (including phenoxy) is 1. The highest BCUT2D eigenvalue weighted by molar-refractivity contribution is 5.92. The van der Waals surface area contributed by atoms with Gasteiger partial charge in [0.2, 0.25) is 0 Å². The lowest BCUT2D eigenvalue weighted by Crippen LogP contribution is -2.41. The van der Waals surface area contributed by atoms with E-state index in [9.17, 15) is 9.59 Å². The Bertz CT molecular complexity index is 447. The molecule has 0 radical (unpaired) electrons. The van der Waals surface area contributed by atoms with Gasteiger partial charge in [-0.3, -0.25) is 9.59 Å². The van der Waals surface area contributed by atoms with Crippen molar-refractivity contribution in [3.8, 4) is 0 Å². The molecule has 0 bridgehead atoms. The Kier molecular flexibility index (Phi) is 3.64. The predicted molar refractivity (Wildman–Crippen MR) is 63.9 cm³/mol. The first kappa shape index (κ1) is 12.6. The van der Waals surface area contributed by atoms with Crippen LogP contribution in [0.2, 0.25) is 0 Å². The van der Waals surface area contributed by atoms with Crippen molar-refractivity contribution in [1.82, 2.24) is 14.5 Å². The van der Waals surface area contributed by atoms with Crippen LogP contribution in [0.3, 0.4) is 0 Å². The molecule has 0 atom stereocenters. The summed E-state index contributed by atoms with van der Waals surface area (Å²) < 4.78 is 6.42. The minimum absolute atomic E-state index is 0.0293. The van der Waals surface area contributed by atoms with Gasteiger partial charge in [-0.1, -0.05) is 0 Å². The molecule has 1 aromatic rings. The van der Waals surface area contributed by atoms with Crippen molar-refractivity contribution in [2.45, 2.75) is 12.8 Å². The number of likely N-dealkylation sites (tertiary alicyclic amines) is 1. The van der Waals surface area contributed by atoms with Gasteiger partial charge in [0.1, 0.15) is 5.69 Å². The molecule has 1 aromatic heterocycles. The third-order valence-corrected chi connectivity index (χ3v) is 3.35. The van der Waals surface area contributed by atoms with Crippen LogP contribution in [0, 0.1) is 5.92 Å². The molecule has 1 saturated heterocycles. The van der Waals surface area contributed by atoms with Gasteiger partial charge in [-0.15, -0.1) is 0 Å². The number of imidazole rings is 1. The van der Waals surface area contributed by atoms with Crippen LogP contribution >= 0.6 is 0 Å². The maximum atomic E-state index is 12.2. The fourth-order valence-corrected chi connectivity index (χ4v) is 2.21. The van der Waals surface area contributed by atoms with E-state index in [0.29, 0.717) is 31.6 Å². The Labute approximate surface area is 106 Å². The van der Waals surface area contributed by atoms with Crippen LogP contribution < -0.4 is 0 Å². The van der Waals surface area contributed by atoms with E-state index in [0.717, 1.165) is 0 Å². The first-order valence-electron chi connectivity index (χ1n) is 5.97. The lowest BCUT2D eigenvalue weighted by molar-refractivity contribution is -0.146. The number of aromatic nitrogens is 2. The highest BCUT2D eigenvalue weighted by Crippen LogP contribution is 2.19. The lowest BCUT2D eigenvalue weighted by atomic mass is 9.97. The Morgan fingerprint density at radius 1 is 1.39 bits per heavy atom. The number of hydrogen-bond acceptors (Lipinski definition) is 4. The first-order chi connectivity index (χ1) is 8.63. The summed E-state index contributed by atoms with van der Waals surface area (Å²) >= 11 is 0. The predicted octanol–water partition coefficient (Wildman–Crippen LogP) is 0.445. The number of esters is 1. The second-order valence-electron chi connectivity index (χ2n) is 4.48. The van der Waals surface area contributed by atoms with Crippen LogP contribution in [0.1, 0.15) is 23.3 Å². The molecular weight excluding hydrogens is 234 g/mol. The molecule has 6 nitrogen and oxygen atoms in total. The third kappa shape index (κ3) is 2.37. The number of carbonyl (C=O) groups is 2. The molecule has 2 heterocycles. The smallest absolute Gasteiger partial charge is 0.308 e. The molecule has 6 heteroatoms. The van der Waals surface area contributed by atoms with Gasteiger partial charge in [0.25, 0.3) is 5.91 Å². The van der Waals surface area contributed by atoms with Crippen LogP contribution in [0.15, 0.2) is 12.5 Å². The Morgan fingerprint density at radius 2 is 2.06 bits per heavy atom. The monoisotopic (exact) mass is 251 g/mol. The quantitative estimate of drug-likeness (QED) is 0.716. The van der Waals surface area contributed by atoms with E-state index < -0.39 is 0 Å². The number of amides is 1. The number of methoxy groups -OCH3 is 1. The Balaban J connectivity index is 1.96. The summed E-state index contributed by atoms with van der Waals surface area (Å²) in [5.74, 6) is -0.286. The van der Waals surface area contributed by atoms with Crippen LogP contribution in [0.25, 0.3) is 0 Å². The fraction of sp³-hybridized carbons (Fsp3) is 0.583. The van der Waals surface area contributed by atoms with E-state index in [1.54, 1.807) is 29.0 Å². The highest BCUT2D eigenvalue weighted by Gasteiger charge is 2.29. The fourth-order valence-electron chi connectivity index (χ4n) is 2.21. The molecule has 2 rings (SSSR count). The summed E-state index contributed by atoms with van der Waals surface area (Å²) in [6, 6.07) is 0. The maximum Gasteiger partial charge on any atom is 0.308 e. The van der Waals surface area contributed by atoms with Crippen LogP contribution in [-0.2, 0) is 16.6 Å². The molecule has 0 N–H and O–H groups in total. The van der Waals surface area contributed by atoms with E-state index in [2.05, 4.69) is 4.98 Å². The van der Waals surface area contributed by atoms with Gasteiger partial charge in [-0.2, -0.15) is 0 Å². The molecule has 1 fully saturated rings.